The van der Waals surface area contributed by atoms with Crippen LogP contribution in [0.4, 0.5) is 0 Å². The van der Waals surface area contributed by atoms with Crippen LogP contribution in [-0.2, 0) is 0 Å². The SMILES string of the molecule is C[C@@H](CC(c1ccc(O)cc1)c1ccc(O)cc1)C(N)C(O)COc1ccccc1. The Labute approximate surface area is 177 Å². The van der Waals surface area contributed by atoms with Crippen LogP contribution in [0.15, 0.2) is 78.9 Å². The molecule has 0 bridgehead atoms. The fourth-order valence-corrected chi connectivity index (χ4v) is 3.60. The van der Waals surface area contributed by atoms with Gasteiger partial charge in [-0.15, -0.1) is 0 Å². The third-order valence-electron chi connectivity index (χ3n) is 5.46. The van der Waals surface area contributed by atoms with Crippen LogP contribution in [0.1, 0.15) is 30.4 Å². The molecule has 0 saturated carbocycles. The summed E-state index contributed by atoms with van der Waals surface area (Å²) < 4.78 is 5.65. The van der Waals surface area contributed by atoms with E-state index in [1.807, 2.05) is 61.5 Å². The molecular weight excluding hydrogens is 378 g/mol. The lowest BCUT2D eigenvalue weighted by Gasteiger charge is -2.29. The number of aliphatic hydroxyl groups is 1. The first-order chi connectivity index (χ1) is 14.4. The van der Waals surface area contributed by atoms with Gasteiger partial charge < -0.3 is 25.8 Å². The first-order valence-electron chi connectivity index (χ1n) is 10.1. The van der Waals surface area contributed by atoms with E-state index in [4.69, 9.17) is 10.5 Å². The van der Waals surface area contributed by atoms with Crippen molar-refractivity contribution in [3.63, 3.8) is 0 Å². The zero-order valence-corrected chi connectivity index (χ0v) is 17.1. The number of aliphatic hydroxyl groups excluding tert-OH is 1. The van der Waals surface area contributed by atoms with Gasteiger partial charge in [0, 0.05) is 12.0 Å². The molecule has 0 heterocycles. The van der Waals surface area contributed by atoms with Gasteiger partial charge in [0.05, 0.1) is 0 Å². The molecule has 30 heavy (non-hydrogen) atoms. The monoisotopic (exact) mass is 407 g/mol. The minimum Gasteiger partial charge on any atom is -0.508 e. The highest BCUT2D eigenvalue weighted by atomic mass is 16.5. The van der Waals surface area contributed by atoms with Crippen LogP contribution in [0.25, 0.3) is 0 Å². The maximum absolute atomic E-state index is 10.6. The molecule has 0 radical (unpaired) electrons. The molecule has 158 valence electrons. The molecule has 0 aliphatic rings. The third kappa shape index (κ3) is 5.75. The van der Waals surface area contributed by atoms with E-state index in [0.717, 1.165) is 11.1 Å². The van der Waals surface area contributed by atoms with Crippen molar-refractivity contribution in [2.45, 2.75) is 31.4 Å². The minimum absolute atomic E-state index is 0.00743. The maximum atomic E-state index is 10.6. The molecule has 0 spiro atoms. The topological polar surface area (TPSA) is 95.9 Å². The second-order valence-corrected chi connectivity index (χ2v) is 7.72. The molecule has 3 atom stereocenters. The first kappa shape index (κ1) is 21.7. The van der Waals surface area contributed by atoms with Crippen molar-refractivity contribution in [2.24, 2.45) is 11.7 Å². The highest BCUT2D eigenvalue weighted by Gasteiger charge is 2.26. The Bertz CT molecular complexity index is 851. The molecule has 3 aromatic rings. The summed E-state index contributed by atoms with van der Waals surface area (Å²) >= 11 is 0. The van der Waals surface area contributed by atoms with Crippen LogP contribution in [0.5, 0.6) is 17.2 Å². The van der Waals surface area contributed by atoms with Crippen molar-refractivity contribution < 1.29 is 20.1 Å². The first-order valence-corrected chi connectivity index (χ1v) is 10.1. The number of hydrogen-bond acceptors (Lipinski definition) is 5. The van der Waals surface area contributed by atoms with Crippen molar-refractivity contribution in [1.82, 2.24) is 0 Å². The fourth-order valence-electron chi connectivity index (χ4n) is 3.60. The van der Waals surface area contributed by atoms with E-state index in [9.17, 15) is 15.3 Å². The van der Waals surface area contributed by atoms with Crippen LogP contribution in [-0.4, -0.2) is 34.1 Å². The van der Waals surface area contributed by atoms with Crippen LogP contribution >= 0.6 is 0 Å². The van der Waals surface area contributed by atoms with Gasteiger partial charge in [0.2, 0.25) is 0 Å². The molecule has 2 unspecified atom stereocenters. The van der Waals surface area contributed by atoms with Gasteiger partial charge in [-0.25, -0.2) is 0 Å². The number of phenolic OH excluding ortho intramolecular Hbond substituents is 2. The molecule has 5 heteroatoms. The van der Waals surface area contributed by atoms with Crippen LogP contribution < -0.4 is 10.5 Å². The second kappa shape index (κ2) is 10.1. The van der Waals surface area contributed by atoms with E-state index in [-0.39, 0.29) is 29.9 Å². The summed E-state index contributed by atoms with van der Waals surface area (Å²) in [5, 5.41) is 29.8. The zero-order chi connectivity index (χ0) is 21.5. The van der Waals surface area contributed by atoms with Crippen LogP contribution in [0.2, 0.25) is 0 Å². The Morgan fingerprint density at radius 2 is 1.30 bits per heavy atom. The van der Waals surface area contributed by atoms with Crippen molar-refractivity contribution >= 4 is 0 Å². The molecule has 5 N–H and O–H groups in total. The summed E-state index contributed by atoms with van der Waals surface area (Å²) in [5.41, 5.74) is 8.44. The van der Waals surface area contributed by atoms with Gasteiger partial charge in [-0.3, -0.25) is 0 Å². The van der Waals surface area contributed by atoms with Gasteiger partial charge in [-0.1, -0.05) is 49.4 Å². The average molecular weight is 408 g/mol. The predicted octanol–water partition coefficient (Wildman–Crippen LogP) is 4.02. The normalized spacial score (nSPS) is 14.3. The standard InChI is InChI=1S/C25H29NO4/c1-17(25(26)24(29)16-30-22-5-3-2-4-6-22)15-23(18-7-11-20(27)12-8-18)19-9-13-21(28)14-10-19/h2-14,17,23-25,27-29H,15-16,26H2,1H3/t17-,24?,25?/m0/s1. The molecule has 0 aliphatic carbocycles. The highest BCUT2D eigenvalue weighted by molar-refractivity contribution is 5.37. The number of rotatable bonds is 9. The number of aromatic hydroxyl groups is 2. The number of para-hydroxylation sites is 1. The third-order valence-corrected chi connectivity index (χ3v) is 5.46. The Kier molecular flexibility index (Phi) is 7.33. The van der Waals surface area contributed by atoms with Crippen molar-refractivity contribution in [3.05, 3.63) is 90.0 Å². The molecular formula is C25H29NO4. The Morgan fingerprint density at radius 1 is 0.800 bits per heavy atom. The van der Waals surface area contributed by atoms with Gasteiger partial charge in [0.15, 0.2) is 0 Å². The molecule has 5 nitrogen and oxygen atoms in total. The number of nitrogens with two attached hydrogens (primary N) is 1. The summed E-state index contributed by atoms with van der Waals surface area (Å²) in [6.07, 6.45) is -0.112. The van der Waals surface area contributed by atoms with Gasteiger partial charge in [-0.2, -0.15) is 0 Å². The lowest BCUT2D eigenvalue weighted by atomic mass is 9.81. The highest BCUT2D eigenvalue weighted by Crippen LogP contribution is 2.34. The molecule has 3 aromatic carbocycles. The predicted molar refractivity (Wildman–Crippen MR) is 118 cm³/mol. The molecule has 0 aromatic heterocycles. The number of benzene rings is 3. The Hall–Kier alpha value is -3.02. The molecule has 3 rings (SSSR count). The van der Waals surface area contributed by atoms with E-state index in [1.54, 1.807) is 24.3 Å². The van der Waals surface area contributed by atoms with E-state index < -0.39 is 12.1 Å². The van der Waals surface area contributed by atoms with E-state index >= 15 is 0 Å². The lowest BCUT2D eigenvalue weighted by molar-refractivity contribution is 0.0668. The fraction of sp³-hybridized carbons (Fsp3) is 0.280. The molecule has 0 aliphatic heterocycles. The summed E-state index contributed by atoms with van der Waals surface area (Å²) in [5.74, 6) is 1.12. The average Bonchev–Trinajstić information content (AvgIpc) is 2.77. The largest absolute Gasteiger partial charge is 0.508 e. The summed E-state index contributed by atoms with van der Waals surface area (Å²) in [6.45, 7) is 2.14. The van der Waals surface area contributed by atoms with E-state index in [0.29, 0.717) is 12.2 Å². The number of ether oxygens (including phenoxy) is 1. The van der Waals surface area contributed by atoms with Crippen LogP contribution in [0, 0.1) is 5.92 Å². The zero-order valence-electron chi connectivity index (χ0n) is 17.1. The Balaban J connectivity index is 1.70. The summed E-state index contributed by atoms with van der Waals surface area (Å²) in [7, 11) is 0. The minimum atomic E-state index is -0.805. The van der Waals surface area contributed by atoms with Gasteiger partial charge in [-0.05, 0) is 59.9 Å². The van der Waals surface area contributed by atoms with E-state index in [1.165, 1.54) is 0 Å². The molecule has 0 amide bonds. The van der Waals surface area contributed by atoms with Crippen LogP contribution in [0.3, 0.4) is 0 Å². The van der Waals surface area contributed by atoms with Gasteiger partial charge in [0.25, 0.3) is 0 Å². The summed E-state index contributed by atoms with van der Waals surface area (Å²) in [6, 6.07) is 23.1. The summed E-state index contributed by atoms with van der Waals surface area (Å²) in [4.78, 5) is 0. The smallest absolute Gasteiger partial charge is 0.119 e. The van der Waals surface area contributed by atoms with E-state index in [2.05, 4.69) is 0 Å². The molecule has 0 saturated heterocycles. The number of phenols is 2. The lowest BCUT2D eigenvalue weighted by Crippen LogP contribution is -2.44. The van der Waals surface area contributed by atoms with Crippen molar-refractivity contribution in [1.29, 1.82) is 0 Å². The quantitative estimate of drug-likeness (QED) is 0.430. The van der Waals surface area contributed by atoms with Crippen molar-refractivity contribution in [2.75, 3.05) is 6.61 Å². The number of hydrogen-bond donors (Lipinski definition) is 4. The Morgan fingerprint density at radius 3 is 1.80 bits per heavy atom. The van der Waals surface area contributed by atoms with Crippen molar-refractivity contribution in [3.8, 4) is 17.2 Å². The van der Waals surface area contributed by atoms with Gasteiger partial charge in [0.1, 0.15) is 30.0 Å². The van der Waals surface area contributed by atoms with Gasteiger partial charge >= 0.3 is 0 Å². The maximum Gasteiger partial charge on any atom is 0.119 e. The second-order valence-electron chi connectivity index (χ2n) is 7.72. The molecule has 0 fully saturated rings.